The molecule has 1 aliphatic carbocycles. The highest BCUT2D eigenvalue weighted by Gasteiger charge is 2.37. The first kappa shape index (κ1) is 12.1. The summed E-state index contributed by atoms with van der Waals surface area (Å²) in [6, 6.07) is 7.19. The Hall–Kier alpha value is -0.930. The molecule has 2 aliphatic rings. The number of hydrogen-bond donors (Lipinski definition) is 2. The van der Waals surface area contributed by atoms with Gasteiger partial charge in [0.25, 0.3) is 0 Å². The van der Waals surface area contributed by atoms with Gasteiger partial charge in [-0.05, 0) is 61.8 Å². The Kier molecular flexibility index (Phi) is 3.35. The van der Waals surface area contributed by atoms with Gasteiger partial charge in [-0.2, -0.15) is 0 Å². The van der Waals surface area contributed by atoms with Crippen LogP contribution < -0.4 is 5.32 Å². The number of piperidine rings is 1. The van der Waals surface area contributed by atoms with Crippen LogP contribution in [0.2, 0.25) is 0 Å². The maximum absolute atomic E-state index is 13.0. The van der Waals surface area contributed by atoms with Crippen molar-refractivity contribution in [2.24, 2.45) is 11.8 Å². The van der Waals surface area contributed by atoms with Gasteiger partial charge < -0.3 is 10.4 Å². The highest BCUT2D eigenvalue weighted by Crippen LogP contribution is 2.42. The van der Waals surface area contributed by atoms with Gasteiger partial charge in [-0.15, -0.1) is 0 Å². The van der Waals surface area contributed by atoms with E-state index in [1.807, 2.05) is 12.1 Å². The number of aliphatic hydroxyl groups is 1. The summed E-state index contributed by atoms with van der Waals surface area (Å²) in [5.74, 6) is 1.03. The fourth-order valence-corrected chi connectivity index (χ4v) is 3.64. The van der Waals surface area contributed by atoms with E-state index in [9.17, 15) is 9.50 Å². The van der Waals surface area contributed by atoms with E-state index in [1.54, 1.807) is 0 Å². The monoisotopic (exact) mass is 249 g/mol. The number of aliphatic hydroxyl groups excluding tert-OH is 1. The molecule has 3 rings (SSSR count). The largest absolute Gasteiger partial charge is 0.393 e. The van der Waals surface area contributed by atoms with Crippen LogP contribution in [0.3, 0.4) is 0 Å². The van der Waals surface area contributed by atoms with Crippen molar-refractivity contribution in [3.63, 3.8) is 0 Å². The van der Waals surface area contributed by atoms with E-state index in [1.165, 1.54) is 17.7 Å². The number of nitrogens with one attached hydrogen (secondary N) is 1. The average Bonchev–Trinajstić information content (AvgIpc) is 2.38. The normalized spacial score (nSPS) is 36.1. The number of benzene rings is 1. The maximum Gasteiger partial charge on any atom is 0.123 e. The number of halogens is 1. The quantitative estimate of drug-likeness (QED) is 0.802. The van der Waals surface area contributed by atoms with Crippen LogP contribution in [0.5, 0.6) is 0 Å². The predicted molar refractivity (Wildman–Crippen MR) is 68.6 cm³/mol. The van der Waals surface area contributed by atoms with Crippen LogP contribution in [-0.4, -0.2) is 17.8 Å². The Morgan fingerprint density at radius 3 is 2.67 bits per heavy atom. The van der Waals surface area contributed by atoms with E-state index >= 15 is 0 Å². The molecule has 2 nitrogen and oxygen atoms in total. The molecule has 1 aliphatic heterocycles. The van der Waals surface area contributed by atoms with Crippen LogP contribution >= 0.6 is 0 Å². The summed E-state index contributed by atoms with van der Waals surface area (Å²) in [6.07, 6.45) is 3.95. The van der Waals surface area contributed by atoms with Crippen molar-refractivity contribution in [1.29, 1.82) is 0 Å². The Morgan fingerprint density at radius 1 is 1.11 bits per heavy atom. The van der Waals surface area contributed by atoms with Gasteiger partial charge in [-0.25, -0.2) is 4.39 Å². The molecule has 2 fully saturated rings. The lowest BCUT2D eigenvalue weighted by Gasteiger charge is -2.43. The van der Waals surface area contributed by atoms with Gasteiger partial charge in [0, 0.05) is 6.04 Å². The van der Waals surface area contributed by atoms with Crippen LogP contribution in [0, 0.1) is 17.7 Å². The number of hydrogen-bond acceptors (Lipinski definition) is 2. The van der Waals surface area contributed by atoms with Crippen molar-refractivity contribution in [1.82, 2.24) is 5.32 Å². The summed E-state index contributed by atoms with van der Waals surface area (Å²) < 4.78 is 13.0. The van der Waals surface area contributed by atoms with Gasteiger partial charge in [-0.3, -0.25) is 0 Å². The molecule has 0 bridgehead atoms. The molecular weight excluding hydrogens is 229 g/mol. The summed E-state index contributed by atoms with van der Waals surface area (Å²) in [5.41, 5.74) is 1.18. The minimum Gasteiger partial charge on any atom is -0.393 e. The molecule has 0 amide bonds. The maximum atomic E-state index is 13.0. The van der Waals surface area contributed by atoms with Crippen molar-refractivity contribution in [2.75, 3.05) is 6.54 Å². The van der Waals surface area contributed by atoms with Gasteiger partial charge in [-0.1, -0.05) is 12.1 Å². The number of fused-ring (bicyclic) bond motifs is 1. The van der Waals surface area contributed by atoms with Crippen molar-refractivity contribution in [3.8, 4) is 0 Å². The molecule has 4 atom stereocenters. The van der Waals surface area contributed by atoms with Gasteiger partial charge in [0.05, 0.1) is 6.10 Å². The molecule has 18 heavy (non-hydrogen) atoms. The minimum atomic E-state index is -0.176. The Balaban J connectivity index is 1.81. The molecule has 98 valence electrons. The van der Waals surface area contributed by atoms with Crippen LogP contribution in [0.15, 0.2) is 24.3 Å². The molecule has 2 N–H and O–H groups in total. The second kappa shape index (κ2) is 4.98. The van der Waals surface area contributed by atoms with Gasteiger partial charge >= 0.3 is 0 Å². The molecule has 1 aromatic carbocycles. The molecule has 0 radical (unpaired) electrons. The van der Waals surface area contributed by atoms with Gasteiger partial charge in [0.1, 0.15) is 5.82 Å². The molecule has 0 aromatic heterocycles. The third-order valence-corrected chi connectivity index (χ3v) is 4.55. The predicted octanol–water partition coefficient (Wildman–Crippen LogP) is 2.64. The number of rotatable bonds is 1. The Bertz CT molecular complexity index is 405. The second-order valence-corrected chi connectivity index (χ2v) is 5.66. The molecule has 4 unspecified atom stereocenters. The zero-order valence-corrected chi connectivity index (χ0v) is 10.5. The van der Waals surface area contributed by atoms with E-state index in [2.05, 4.69) is 5.32 Å². The van der Waals surface area contributed by atoms with Crippen LogP contribution in [-0.2, 0) is 0 Å². The van der Waals surface area contributed by atoms with E-state index in [0.717, 1.165) is 32.2 Å². The summed E-state index contributed by atoms with van der Waals surface area (Å²) in [6.45, 7) is 0.996. The SMILES string of the molecule is OC1CCC2C(CCNC2c2ccc(F)cc2)C1. The second-order valence-electron chi connectivity index (χ2n) is 5.66. The highest BCUT2D eigenvalue weighted by atomic mass is 19.1. The lowest BCUT2D eigenvalue weighted by Crippen LogP contribution is -2.43. The van der Waals surface area contributed by atoms with Crippen molar-refractivity contribution in [3.05, 3.63) is 35.6 Å². The van der Waals surface area contributed by atoms with Crippen LogP contribution in [0.1, 0.15) is 37.3 Å². The third-order valence-electron chi connectivity index (χ3n) is 4.55. The first-order valence-electron chi connectivity index (χ1n) is 6.91. The van der Waals surface area contributed by atoms with Gasteiger partial charge in [0.2, 0.25) is 0 Å². The molecule has 1 saturated heterocycles. The lowest BCUT2D eigenvalue weighted by atomic mass is 9.69. The molecule has 0 spiro atoms. The first-order chi connectivity index (χ1) is 8.74. The molecule has 3 heteroatoms. The summed E-state index contributed by atoms with van der Waals surface area (Å²) in [4.78, 5) is 0. The molecule has 1 aromatic rings. The summed E-state index contributed by atoms with van der Waals surface area (Å²) in [7, 11) is 0. The van der Waals surface area contributed by atoms with Crippen LogP contribution in [0.4, 0.5) is 4.39 Å². The van der Waals surface area contributed by atoms with E-state index < -0.39 is 0 Å². The third kappa shape index (κ3) is 2.29. The standard InChI is InChI=1S/C15H20FNO/c16-12-3-1-10(2-4-12)15-14-6-5-13(18)9-11(14)7-8-17-15/h1-4,11,13-15,17-18H,5-9H2. The summed E-state index contributed by atoms with van der Waals surface area (Å²) >= 11 is 0. The molecule has 1 saturated carbocycles. The Labute approximate surface area is 107 Å². The van der Waals surface area contributed by atoms with Crippen molar-refractivity contribution in [2.45, 2.75) is 37.8 Å². The topological polar surface area (TPSA) is 32.3 Å². The smallest absolute Gasteiger partial charge is 0.123 e. The summed E-state index contributed by atoms with van der Waals surface area (Å²) in [5, 5.41) is 13.3. The zero-order chi connectivity index (χ0) is 12.5. The van der Waals surface area contributed by atoms with Gasteiger partial charge in [0.15, 0.2) is 0 Å². The zero-order valence-electron chi connectivity index (χ0n) is 10.5. The van der Waals surface area contributed by atoms with E-state index in [4.69, 9.17) is 0 Å². The molecule has 1 heterocycles. The fourth-order valence-electron chi connectivity index (χ4n) is 3.64. The highest BCUT2D eigenvalue weighted by molar-refractivity contribution is 5.22. The van der Waals surface area contributed by atoms with E-state index in [-0.39, 0.29) is 11.9 Å². The van der Waals surface area contributed by atoms with Crippen molar-refractivity contribution < 1.29 is 9.50 Å². The molecular formula is C15H20FNO. The fraction of sp³-hybridized carbons (Fsp3) is 0.600. The lowest BCUT2D eigenvalue weighted by molar-refractivity contribution is 0.0356. The average molecular weight is 249 g/mol. The minimum absolute atomic E-state index is 0.113. The van der Waals surface area contributed by atoms with E-state index in [0.29, 0.717) is 17.9 Å². The first-order valence-corrected chi connectivity index (χ1v) is 6.91. The van der Waals surface area contributed by atoms with Crippen LogP contribution in [0.25, 0.3) is 0 Å². The van der Waals surface area contributed by atoms with Crippen molar-refractivity contribution >= 4 is 0 Å². The Morgan fingerprint density at radius 2 is 1.89 bits per heavy atom.